The number of aryl methyl sites for hydroxylation is 2. The van der Waals surface area contributed by atoms with Crippen molar-refractivity contribution in [1.29, 1.82) is 0 Å². The van der Waals surface area contributed by atoms with Crippen LogP contribution in [0.1, 0.15) is 11.1 Å². The van der Waals surface area contributed by atoms with E-state index in [2.05, 4.69) is 46.6 Å². The first kappa shape index (κ1) is 17.5. The molecule has 134 valence electrons. The van der Waals surface area contributed by atoms with Gasteiger partial charge in [0, 0.05) is 23.6 Å². The number of methoxy groups -OCH3 is 2. The Bertz CT molecular complexity index is 912. The highest BCUT2D eigenvalue weighted by molar-refractivity contribution is 5.64. The van der Waals surface area contributed by atoms with Crippen molar-refractivity contribution in [2.24, 2.45) is 0 Å². The van der Waals surface area contributed by atoms with Crippen molar-refractivity contribution in [3.8, 4) is 11.5 Å². The van der Waals surface area contributed by atoms with Gasteiger partial charge in [-0.25, -0.2) is 4.98 Å². The van der Waals surface area contributed by atoms with E-state index in [0.29, 0.717) is 23.3 Å². The van der Waals surface area contributed by atoms with Gasteiger partial charge in [-0.1, -0.05) is 17.7 Å². The topological polar surface area (TPSA) is 68.3 Å². The van der Waals surface area contributed by atoms with E-state index in [1.54, 1.807) is 20.4 Å². The second-order valence-corrected chi connectivity index (χ2v) is 5.90. The fraction of sp³-hybridized carbons (Fsp3) is 0.200. The van der Waals surface area contributed by atoms with Crippen LogP contribution in [0.5, 0.6) is 11.5 Å². The summed E-state index contributed by atoms with van der Waals surface area (Å²) in [6.45, 7) is 4.13. The van der Waals surface area contributed by atoms with Crippen molar-refractivity contribution in [3.05, 3.63) is 59.8 Å². The second-order valence-electron chi connectivity index (χ2n) is 5.90. The average Bonchev–Trinajstić information content (AvgIpc) is 2.64. The summed E-state index contributed by atoms with van der Waals surface area (Å²) >= 11 is 0. The van der Waals surface area contributed by atoms with Crippen LogP contribution in [0, 0.1) is 13.8 Å². The van der Waals surface area contributed by atoms with Gasteiger partial charge >= 0.3 is 0 Å². The van der Waals surface area contributed by atoms with Crippen LogP contribution >= 0.6 is 0 Å². The molecule has 0 fully saturated rings. The summed E-state index contributed by atoms with van der Waals surface area (Å²) in [7, 11) is 3.22. The van der Waals surface area contributed by atoms with Gasteiger partial charge < -0.3 is 20.1 Å². The van der Waals surface area contributed by atoms with Gasteiger partial charge in [0.15, 0.2) is 11.5 Å². The van der Waals surface area contributed by atoms with Crippen molar-refractivity contribution in [3.63, 3.8) is 0 Å². The molecule has 0 saturated carbocycles. The van der Waals surface area contributed by atoms with Gasteiger partial charge in [-0.2, -0.15) is 4.98 Å². The van der Waals surface area contributed by atoms with Gasteiger partial charge in [0.25, 0.3) is 0 Å². The molecule has 3 rings (SSSR count). The number of anilines is 4. The lowest BCUT2D eigenvalue weighted by atomic mass is 10.1. The van der Waals surface area contributed by atoms with Crippen LogP contribution < -0.4 is 20.1 Å². The van der Waals surface area contributed by atoms with E-state index in [-0.39, 0.29) is 0 Å². The molecule has 1 heterocycles. The Morgan fingerprint density at radius 2 is 1.65 bits per heavy atom. The zero-order valence-corrected chi connectivity index (χ0v) is 15.3. The number of ether oxygens (including phenoxy) is 2. The lowest BCUT2D eigenvalue weighted by Crippen LogP contribution is -2.02. The van der Waals surface area contributed by atoms with Gasteiger partial charge in [-0.05, 0) is 43.7 Å². The third-order valence-electron chi connectivity index (χ3n) is 3.94. The maximum atomic E-state index is 5.33. The molecule has 0 unspecified atom stereocenters. The zero-order chi connectivity index (χ0) is 18.5. The first-order chi connectivity index (χ1) is 12.6. The molecule has 6 heteroatoms. The zero-order valence-electron chi connectivity index (χ0n) is 15.3. The molecule has 0 aliphatic heterocycles. The van der Waals surface area contributed by atoms with Crippen molar-refractivity contribution < 1.29 is 9.47 Å². The molecule has 3 aromatic rings. The quantitative estimate of drug-likeness (QED) is 0.677. The van der Waals surface area contributed by atoms with Gasteiger partial charge in [0.2, 0.25) is 5.95 Å². The van der Waals surface area contributed by atoms with Crippen LogP contribution in [0.15, 0.2) is 48.7 Å². The predicted octanol–water partition coefficient (Wildman–Crippen LogP) is 4.60. The number of nitrogens with zero attached hydrogens (tertiary/aromatic N) is 2. The van der Waals surface area contributed by atoms with Crippen molar-refractivity contribution in [2.75, 3.05) is 24.9 Å². The molecule has 2 aromatic carbocycles. The fourth-order valence-electron chi connectivity index (χ4n) is 2.62. The molecule has 0 bridgehead atoms. The highest BCUT2D eigenvalue weighted by Crippen LogP contribution is 2.31. The molecular weight excluding hydrogens is 328 g/mol. The lowest BCUT2D eigenvalue weighted by Gasteiger charge is -2.12. The van der Waals surface area contributed by atoms with E-state index in [1.807, 2.05) is 30.3 Å². The van der Waals surface area contributed by atoms with Gasteiger partial charge in [0.1, 0.15) is 5.82 Å². The summed E-state index contributed by atoms with van der Waals surface area (Å²) in [6, 6.07) is 13.6. The molecule has 0 aliphatic rings. The molecule has 0 amide bonds. The van der Waals surface area contributed by atoms with Gasteiger partial charge in [-0.15, -0.1) is 0 Å². The average molecular weight is 350 g/mol. The summed E-state index contributed by atoms with van der Waals surface area (Å²) in [5, 5.41) is 6.51. The van der Waals surface area contributed by atoms with Crippen molar-refractivity contribution in [1.82, 2.24) is 9.97 Å². The Balaban J connectivity index is 1.79. The van der Waals surface area contributed by atoms with Gasteiger partial charge in [0.05, 0.1) is 14.2 Å². The van der Waals surface area contributed by atoms with Crippen LogP contribution in [0.4, 0.5) is 23.1 Å². The summed E-state index contributed by atoms with van der Waals surface area (Å²) in [4.78, 5) is 8.81. The molecule has 0 aliphatic carbocycles. The molecule has 6 nitrogen and oxygen atoms in total. The predicted molar refractivity (Wildman–Crippen MR) is 104 cm³/mol. The highest BCUT2D eigenvalue weighted by atomic mass is 16.5. The maximum absolute atomic E-state index is 5.33. The number of hydrogen-bond acceptors (Lipinski definition) is 6. The third kappa shape index (κ3) is 4.03. The van der Waals surface area contributed by atoms with E-state index in [4.69, 9.17) is 9.47 Å². The van der Waals surface area contributed by atoms with E-state index in [9.17, 15) is 0 Å². The van der Waals surface area contributed by atoms with Gasteiger partial charge in [-0.3, -0.25) is 0 Å². The Morgan fingerprint density at radius 1 is 0.846 bits per heavy atom. The van der Waals surface area contributed by atoms with Crippen molar-refractivity contribution >= 4 is 23.1 Å². The third-order valence-corrected chi connectivity index (χ3v) is 3.94. The minimum absolute atomic E-state index is 0.530. The molecule has 0 saturated heterocycles. The number of hydrogen-bond donors (Lipinski definition) is 2. The van der Waals surface area contributed by atoms with E-state index in [1.165, 1.54) is 5.56 Å². The smallest absolute Gasteiger partial charge is 0.229 e. The summed E-state index contributed by atoms with van der Waals surface area (Å²) in [5.41, 5.74) is 4.20. The Kier molecular flexibility index (Phi) is 5.22. The number of benzene rings is 2. The largest absolute Gasteiger partial charge is 0.493 e. The van der Waals surface area contributed by atoms with E-state index in [0.717, 1.165) is 16.9 Å². The SMILES string of the molecule is COc1ccc(Nc2ccnc(Nc3ccc(C)cc3C)n2)cc1OC. The summed E-state index contributed by atoms with van der Waals surface area (Å²) < 4.78 is 10.6. The molecular formula is C20H22N4O2. The Morgan fingerprint density at radius 3 is 2.38 bits per heavy atom. The molecule has 0 atom stereocenters. The van der Waals surface area contributed by atoms with Crippen LogP contribution in [-0.4, -0.2) is 24.2 Å². The van der Waals surface area contributed by atoms with Crippen molar-refractivity contribution in [2.45, 2.75) is 13.8 Å². The molecule has 0 radical (unpaired) electrons. The molecule has 2 N–H and O–H groups in total. The Labute approximate surface area is 153 Å². The first-order valence-electron chi connectivity index (χ1n) is 8.25. The molecule has 0 spiro atoms. The van der Waals surface area contributed by atoms with E-state index >= 15 is 0 Å². The molecule has 26 heavy (non-hydrogen) atoms. The minimum atomic E-state index is 0.530. The van der Waals surface area contributed by atoms with Crippen LogP contribution in [0.2, 0.25) is 0 Å². The first-order valence-corrected chi connectivity index (χ1v) is 8.25. The minimum Gasteiger partial charge on any atom is -0.493 e. The lowest BCUT2D eigenvalue weighted by molar-refractivity contribution is 0.355. The highest BCUT2D eigenvalue weighted by Gasteiger charge is 2.07. The molecule has 1 aromatic heterocycles. The monoisotopic (exact) mass is 350 g/mol. The van der Waals surface area contributed by atoms with Crippen LogP contribution in [0.25, 0.3) is 0 Å². The summed E-state index contributed by atoms with van der Waals surface area (Å²) in [6.07, 6.45) is 1.71. The summed E-state index contributed by atoms with van der Waals surface area (Å²) in [5.74, 6) is 2.54. The maximum Gasteiger partial charge on any atom is 0.229 e. The number of aromatic nitrogens is 2. The van der Waals surface area contributed by atoms with Crippen LogP contribution in [-0.2, 0) is 0 Å². The normalized spacial score (nSPS) is 10.3. The van der Waals surface area contributed by atoms with E-state index < -0.39 is 0 Å². The number of nitrogens with one attached hydrogen (secondary N) is 2. The van der Waals surface area contributed by atoms with Crippen LogP contribution in [0.3, 0.4) is 0 Å². The number of rotatable bonds is 6. The second kappa shape index (κ2) is 7.74. The fourth-order valence-corrected chi connectivity index (χ4v) is 2.62. The standard InChI is InChI=1S/C20H22N4O2/c1-13-5-7-16(14(2)11-13)23-20-21-10-9-19(24-20)22-15-6-8-17(25-3)18(12-15)26-4/h5-12H,1-4H3,(H2,21,22,23,24). The Hall–Kier alpha value is -3.28.